The van der Waals surface area contributed by atoms with Crippen LogP contribution in [0, 0.1) is 29.2 Å². The molecular weight excluding hydrogens is 400 g/mol. The number of anilines is 1. The van der Waals surface area contributed by atoms with Crippen molar-refractivity contribution in [2.75, 3.05) is 18.4 Å². The van der Waals surface area contributed by atoms with Crippen molar-refractivity contribution in [3.05, 3.63) is 59.7 Å². The maximum atomic E-state index is 13.8. The highest BCUT2D eigenvalue weighted by Gasteiger charge is 2.34. The molecule has 5 nitrogen and oxygen atoms in total. The van der Waals surface area contributed by atoms with Gasteiger partial charge in [0.2, 0.25) is 15.9 Å². The minimum Gasteiger partial charge on any atom is -0.321 e. The van der Waals surface area contributed by atoms with Crippen LogP contribution in [0.1, 0.15) is 12.8 Å². The summed E-state index contributed by atoms with van der Waals surface area (Å²) in [6, 6.07) is 5.31. The topological polar surface area (TPSA) is 66.5 Å². The van der Waals surface area contributed by atoms with Gasteiger partial charge in [-0.15, -0.1) is 0 Å². The fourth-order valence-corrected chi connectivity index (χ4v) is 4.56. The minimum absolute atomic E-state index is 0.0675. The Morgan fingerprint density at radius 1 is 0.964 bits per heavy atom. The Kier molecular flexibility index (Phi) is 5.71. The van der Waals surface area contributed by atoms with E-state index in [1.165, 1.54) is 0 Å². The molecule has 1 saturated heterocycles. The lowest BCUT2D eigenvalue weighted by atomic mass is 9.97. The number of rotatable bonds is 4. The molecule has 10 heteroatoms. The molecule has 0 saturated carbocycles. The van der Waals surface area contributed by atoms with Crippen molar-refractivity contribution in [3.63, 3.8) is 0 Å². The molecule has 1 aliphatic rings. The molecule has 0 spiro atoms. The lowest BCUT2D eigenvalue weighted by molar-refractivity contribution is -0.121. The summed E-state index contributed by atoms with van der Waals surface area (Å²) in [6.07, 6.45) is 0.135. The lowest BCUT2D eigenvalue weighted by Crippen LogP contribution is -2.41. The second-order valence-corrected chi connectivity index (χ2v) is 8.25. The molecule has 0 aromatic heterocycles. The van der Waals surface area contributed by atoms with Crippen LogP contribution in [0.4, 0.5) is 23.2 Å². The number of sulfonamides is 1. The molecule has 0 bridgehead atoms. The summed E-state index contributed by atoms with van der Waals surface area (Å²) in [6.45, 7) is -0.230. The SMILES string of the molecule is O=C(Nc1c(F)cccc1F)C1CCN(S(=O)(=O)c2cc(F)ccc2F)CC1. The molecule has 0 atom stereocenters. The molecule has 2 aromatic rings. The quantitative estimate of drug-likeness (QED) is 0.778. The maximum Gasteiger partial charge on any atom is 0.246 e. The number of hydrogen-bond acceptors (Lipinski definition) is 3. The molecule has 2 aromatic carbocycles. The van der Waals surface area contributed by atoms with E-state index in [4.69, 9.17) is 0 Å². The summed E-state index contributed by atoms with van der Waals surface area (Å²) in [5, 5.41) is 2.18. The number of amides is 1. The van der Waals surface area contributed by atoms with E-state index in [0.717, 1.165) is 34.6 Å². The van der Waals surface area contributed by atoms with Crippen molar-refractivity contribution in [1.82, 2.24) is 4.31 Å². The van der Waals surface area contributed by atoms with Crippen molar-refractivity contribution in [2.45, 2.75) is 17.7 Å². The van der Waals surface area contributed by atoms with E-state index < -0.39 is 55.7 Å². The summed E-state index contributed by atoms with van der Waals surface area (Å²) in [7, 11) is -4.27. The van der Waals surface area contributed by atoms with Crippen LogP contribution in [0.15, 0.2) is 41.3 Å². The molecule has 1 aliphatic heterocycles. The molecule has 1 amide bonds. The van der Waals surface area contributed by atoms with Crippen LogP contribution in [0.25, 0.3) is 0 Å². The van der Waals surface area contributed by atoms with Gasteiger partial charge in [-0.3, -0.25) is 4.79 Å². The molecule has 150 valence electrons. The zero-order chi connectivity index (χ0) is 20.5. The van der Waals surface area contributed by atoms with Crippen molar-refractivity contribution >= 4 is 21.6 Å². The third-order valence-electron chi connectivity index (χ3n) is 4.55. The number of halogens is 4. The van der Waals surface area contributed by atoms with Crippen molar-refractivity contribution in [1.29, 1.82) is 0 Å². The lowest BCUT2D eigenvalue weighted by Gasteiger charge is -2.30. The van der Waals surface area contributed by atoms with Gasteiger partial charge in [0.05, 0.1) is 0 Å². The van der Waals surface area contributed by atoms with Crippen LogP contribution in [0.2, 0.25) is 0 Å². The molecular formula is C18H16F4N2O3S. The fourth-order valence-electron chi connectivity index (χ4n) is 3.01. The van der Waals surface area contributed by atoms with Gasteiger partial charge in [-0.2, -0.15) is 4.31 Å². The Labute approximate surface area is 159 Å². The number of carbonyl (C=O) groups excluding carboxylic acids is 1. The largest absolute Gasteiger partial charge is 0.321 e. The summed E-state index contributed by atoms with van der Waals surface area (Å²) >= 11 is 0. The Balaban J connectivity index is 1.69. The first-order chi connectivity index (χ1) is 13.2. The molecule has 1 fully saturated rings. The summed E-state index contributed by atoms with van der Waals surface area (Å²) in [5.41, 5.74) is -0.565. The Morgan fingerprint density at radius 2 is 1.57 bits per heavy atom. The molecule has 0 radical (unpaired) electrons. The van der Waals surface area contributed by atoms with Gasteiger partial charge in [0, 0.05) is 19.0 Å². The van der Waals surface area contributed by atoms with E-state index in [1.54, 1.807) is 0 Å². The van der Waals surface area contributed by atoms with E-state index in [2.05, 4.69) is 5.32 Å². The van der Waals surface area contributed by atoms with Gasteiger partial charge in [-0.1, -0.05) is 6.07 Å². The monoisotopic (exact) mass is 416 g/mol. The maximum absolute atomic E-state index is 13.8. The zero-order valence-electron chi connectivity index (χ0n) is 14.5. The van der Waals surface area contributed by atoms with E-state index >= 15 is 0 Å². The summed E-state index contributed by atoms with van der Waals surface area (Å²) < 4.78 is 80.5. The number of carbonyl (C=O) groups is 1. The Bertz CT molecular complexity index is 986. The molecule has 0 unspecified atom stereocenters. The first kappa shape index (κ1) is 20.3. The molecule has 3 rings (SSSR count). The van der Waals surface area contributed by atoms with Crippen LogP contribution in [-0.4, -0.2) is 31.7 Å². The standard InChI is InChI=1S/C18H16F4N2O3S/c19-12-4-5-13(20)16(10-12)28(26,27)24-8-6-11(7-9-24)18(25)23-17-14(21)2-1-3-15(17)22/h1-5,10-11H,6-9H2,(H,23,25). The van der Waals surface area contributed by atoms with Crippen molar-refractivity contribution in [3.8, 4) is 0 Å². The van der Waals surface area contributed by atoms with Crippen LogP contribution in [0.3, 0.4) is 0 Å². The van der Waals surface area contributed by atoms with Crippen LogP contribution < -0.4 is 5.32 Å². The highest BCUT2D eigenvalue weighted by atomic mass is 32.2. The first-order valence-electron chi connectivity index (χ1n) is 8.40. The van der Waals surface area contributed by atoms with Gasteiger partial charge in [0.1, 0.15) is 33.9 Å². The third-order valence-corrected chi connectivity index (χ3v) is 6.46. The fraction of sp³-hybridized carbons (Fsp3) is 0.278. The third kappa shape index (κ3) is 4.02. The zero-order valence-corrected chi connectivity index (χ0v) is 15.3. The average Bonchev–Trinajstić information content (AvgIpc) is 2.66. The normalized spacial score (nSPS) is 16.1. The molecule has 1 N–H and O–H groups in total. The van der Waals surface area contributed by atoms with E-state index in [-0.39, 0.29) is 25.9 Å². The second kappa shape index (κ2) is 7.88. The predicted octanol–water partition coefficient (Wildman–Crippen LogP) is 3.28. The average molecular weight is 416 g/mol. The summed E-state index contributed by atoms with van der Waals surface area (Å²) in [5.74, 6) is -5.12. The van der Waals surface area contributed by atoms with Gasteiger partial charge >= 0.3 is 0 Å². The first-order valence-corrected chi connectivity index (χ1v) is 9.84. The predicted molar refractivity (Wildman–Crippen MR) is 92.8 cm³/mol. The second-order valence-electron chi connectivity index (χ2n) is 6.34. The molecule has 1 heterocycles. The van der Waals surface area contributed by atoms with Gasteiger partial charge < -0.3 is 5.32 Å². The van der Waals surface area contributed by atoms with E-state index in [1.807, 2.05) is 0 Å². The van der Waals surface area contributed by atoms with Crippen LogP contribution >= 0.6 is 0 Å². The number of nitrogens with zero attached hydrogens (tertiary/aromatic N) is 1. The number of benzene rings is 2. The van der Waals surface area contributed by atoms with Crippen LogP contribution in [-0.2, 0) is 14.8 Å². The van der Waals surface area contributed by atoms with Crippen LogP contribution in [0.5, 0.6) is 0 Å². The Hall–Kier alpha value is -2.46. The summed E-state index contributed by atoms with van der Waals surface area (Å²) in [4.78, 5) is 11.5. The number of hydrogen-bond donors (Lipinski definition) is 1. The van der Waals surface area contributed by atoms with Crippen molar-refractivity contribution in [2.24, 2.45) is 5.92 Å². The number of para-hydroxylation sites is 1. The van der Waals surface area contributed by atoms with Crippen molar-refractivity contribution < 1.29 is 30.8 Å². The molecule has 0 aliphatic carbocycles. The van der Waals surface area contributed by atoms with Gasteiger partial charge in [0.25, 0.3) is 0 Å². The number of nitrogens with one attached hydrogen (secondary N) is 1. The highest BCUT2D eigenvalue weighted by Crippen LogP contribution is 2.27. The van der Waals surface area contributed by atoms with Gasteiger partial charge in [-0.25, -0.2) is 26.0 Å². The number of piperidine rings is 1. The molecule has 28 heavy (non-hydrogen) atoms. The minimum atomic E-state index is -4.27. The van der Waals surface area contributed by atoms with E-state index in [0.29, 0.717) is 6.07 Å². The Morgan fingerprint density at radius 3 is 2.18 bits per heavy atom. The smallest absolute Gasteiger partial charge is 0.246 e. The van der Waals surface area contributed by atoms with Gasteiger partial charge in [0.15, 0.2) is 0 Å². The highest BCUT2D eigenvalue weighted by molar-refractivity contribution is 7.89. The van der Waals surface area contributed by atoms with Gasteiger partial charge in [-0.05, 0) is 43.2 Å². The van der Waals surface area contributed by atoms with E-state index in [9.17, 15) is 30.8 Å².